The SMILES string of the molecule is CCCc1nc(Cl)c(C)c(Oc2cccc([N+](=O)[O-])c2)n1. The van der Waals surface area contributed by atoms with Gasteiger partial charge in [0.25, 0.3) is 5.69 Å². The fourth-order valence-corrected chi connectivity index (χ4v) is 1.90. The number of nitro benzene ring substituents is 1. The van der Waals surface area contributed by atoms with Crippen LogP contribution in [0.5, 0.6) is 11.6 Å². The molecule has 0 spiro atoms. The van der Waals surface area contributed by atoms with E-state index in [9.17, 15) is 10.1 Å². The van der Waals surface area contributed by atoms with Crippen molar-refractivity contribution in [3.8, 4) is 11.6 Å². The lowest BCUT2D eigenvalue weighted by Crippen LogP contribution is -2.01. The van der Waals surface area contributed by atoms with Crippen LogP contribution in [0, 0.1) is 17.0 Å². The van der Waals surface area contributed by atoms with E-state index < -0.39 is 4.92 Å². The molecule has 0 aliphatic rings. The van der Waals surface area contributed by atoms with Crippen molar-refractivity contribution in [1.29, 1.82) is 0 Å². The zero-order chi connectivity index (χ0) is 15.4. The molecular formula is C14H14ClN3O3. The van der Waals surface area contributed by atoms with E-state index in [-0.39, 0.29) is 5.69 Å². The predicted molar refractivity (Wildman–Crippen MR) is 78.9 cm³/mol. The van der Waals surface area contributed by atoms with E-state index in [1.165, 1.54) is 12.1 Å². The summed E-state index contributed by atoms with van der Waals surface area (Å²) in [6.07, 6.45) is 1.57. The highest BCUT2D eigenvalue weighted by Gasteiger charge is 2.13. The molecule has 1 aromatic carbocycles. The monoisotopic (exact) mass is 307 g/mol. The molecule has 21 heavy (non-hydrogen) atoms. The van der Waals surface area contributed by atoms with Gasteiger partial charge in [-0.05, 0) is 19.4 Å². The third kappa shape index (κ3) is 3.66. The quantitative estimate of drug-likeness (QED) is 0.472. The highest BCUT2D eigenvalue weighted by atomic mass is 35.5. The van der Waals surface area contributed by atoms with Crippen LogP contribution in [0.4, 0.5) is 5.69 Å². The standard InChI is InChI=1S/C14H14ClN3O3/c1-3-5-12-16-13(15)9(2)14(17-12)21-11-7-4-6-10(8-11)18(19)20/h4,6-8H,3,5H2,1-2H3. The maximum absolute atomic E-state index is 10.8. The lowest BCUT2D eigenvalue weighted by atomic mass is 10.3. The highest BCUT2D eigenvalue weighted by molar-refractivity contribution is 6.30. The molecule has 0 aliphatic carbocycles. The van der Waals surface area contributed by atoms with Gasteiger partial charge in [0.15, 0.2) is 0 Å². The van der Waals surface area contributed by atoms with Gasteiger partial charge in [-0.3, -0.25) is 10.1 Å². The molecule has 0 bridgehead atoms. The fourth-order valence-electron chi connectivity index (χ4n) is 1.72. The molecule has 0 N–H and O–H groups in total. The van der Waals surface area contributed by atoms with Gasteiger partial charge in [-0.1, -0.05) is 24.6 Å². The van der Waals surface area contributed by atoms with Crippen molar-refractivity contribution in [2.24, 2.45) is 0 Å². The Kier molecular flexibility index (Phi) is 4.70. The topological polar surface area (TPSA) is 78.2 Å². The summed E-state index contributed by atoms with van der Waals surface area (Å²) in [5.41, 5.74) is 0.558. The molecule has 0 amide bonds. The van der Waals surface area contributed by atoms with Crippen LogP contribution in [0.15, 0.2) is 24.3 Å². The number of nitrogens with zero attached hydrogens (tertiary/aromatic N) is 3. The van der Waals surface area contributed by atoms with Crippen molar-refractivity contribution < 1.29 is 9.66 Å². The lowest BCUT2D eigenvalue weighted by molar-refractivity contribution is -0.384. The van der Waals surface area contributed by atoms with Gasteiger partial charge in [-0.2, -0.15) is 4.98 Å². The molecule has 0 saturated carbocycles. The average molecular weight is 308 g/mol. The molecule has 0 unspecified atom stereocenters. The van der Waals surface area contributed by atoms with E-state index in [2.05, 4.69) is 9.97 Å². The Morgan fingerprint density at radius 3 is 2.81 bits per heavy atom. The molecule has 2 aromatic rings. The van der Waals surface area contributed by atoms with Crippen molar-refractivity contribution in [2.75, 3.05) is 0 Å². The lowest BCUT2D eigenvalue weighted by Gasteiger charge is -2.10. The molecule has 1 heterocycles. The molecule has 0 fully saturated rings. The number of ether oxygens (including phenoxy) is 1. The molecule has 2 rings (SSSR count). The number of halogens is 1. The van der Waals surface area contributed by atoms with Crippen LogP contribution in [0.25, 0.3) is 0 Å². The first-order valence-corrected chi connectivity index (χ1v) is 6.84. The zero-order valence-electron chi connectivity index (χ0n) is 11.7. The van der Waals surface area contributed by atoms with Gasteiger partial charge < -0.3 is 4.74 Å². The summed E-state index contributed by atoms with van der Waals surface area (Å²) >= 11 is 6.06. The van der Waals surface area contributed by atoms with Crippen molar-refractivity contribution in [3.05, 3.63) is 50.9 Å². The number of benzene rings is 1. The van der Waals surface area contributed by atoms with Crippen LogP contribution in [0.3, 0.4) is 0 Å². The van der Waals surface area contributed by atoms with Crippen molar-refractivity contribution in [2.45, 2.75) is 26.7 Å². The smallest absolute Gasteiger partial charge is 0.273 e. The zero-order valence-corrected chi connectivity index (χ0v) is 12.4. The van der Waals surface area contributed by atoms with E-state index >= 15 is 0 Å². The number of aromatic nitrogens is 2. The second-order valence-corrected chi connectivity index (χ2v) is 4.83. The Bertz CT molecular complexity index is 677. The molecule has 0 saturated heterocycles. The molecule has 0 radical (unpaired) electrons. The molecular weight excluding hydrogens is 294 g/mol. The molecule has 1 aromatic heterocycles. The summed E-state index contributed by atoms with van der Waals surface area (Å²) in [5, 5.41) is 11.1. The molecule has 6 nitrogen and oxygen atoms in total. The van der Waals surface area contributed by atoms with Crippen LogP contribution in [-0.2, 0) is 6.42 Å². The summed E-state index contributed by atoms with van der Waals surface area (Å²) in [6, 6.07) is 5.92. The Balaban J connectivity index is 2.34. The minimum Gasteiger partial charge on any atom is -0.438 e. The van der Waals surface area contributed by atoms with Crippen LogP contribution in [0.1, 0.15) is 24.7 Å². The van der Waals surface area contributed by atoms with Crippen LogP contribution >= 0.6 is 11.6 Å². The van der Waals surface area contributed by atoms with E-state index in [4.69, 9.17) is 16.3 Å². The number of hydrogen-bond donors (Lipinski definition) is 0. The van der Waals surface area contributed by atoms with Crippen molar-refractivity contribution >= 4 is 17.3 Å². The second-order valence-electron chi connectivity index (χ2n) is 4.47. The number of hydrogen-bond acceptors (Lipinski definition) is 5. The third-order valence-electron chi connectivity index (χ3n) is 2.80. The number of rotatable bonds is 5. The molecule has 0 aliphatic heterocycles. The molecule has 7 heteroatoms. The first-order valence-electron chi connectivity index (χ1n) is 6.46. The number of non-ortho nitro benzene ring substituents is 1. The summed E-state index contributed by atoms with van der Waals surface area (Å²) in [4.78, 5) is 18.8. The molecule has 0 atom stereocenters. The van der Waals surface area contributed by atoms with Gasteiger partial charge in [-0.15, -0.1) is 0 Å². The summed E-state index contributed by atoms with van der Waals surface area (Å²) in [6.45, 7) is 3.75. The maximum atomic E-state index is 10.8. The van der Waals surface area contributed by atoms with Crippen molar-refractivity contribution in [3.63, 3.8) is 0 Å². The Hall–Kier alpha value is -2.21. The number of nitro groups is 1. The van der Waals surface area contributed by atoms with Gasteiger partial charge in [-0.25, -0.2) is 4.98 Å². The predicted octanol–water partition coefficient (Wildman–Crippen LogP) is 4.09. The number of aryl methyl sites for hydroxylation is 1. The van der Waals surface area contributed by atoms with Crippen LogP contribution in [-0.4, -0.2) is 14.9 Å². The van der Waals surface area contributed by atoms with E-state index in [0.29, 0.717) is 34.6 Å². The van der Waals surface area contributed by atoms with Gasteiger partial charge >= 0.3 is 0 Å². The van der Waals surface area contributed by atoms with Gasteiger partial charge in [0, 0.05) is 18.1 Å². The first-order chi connectivity index (χ1) is 10.0. The first kappa shape index (κ1) is 15.2. The normalized spacial score (nSPS) is 10.4. The minimum absolute atomic E-state index is 0.0425. The Labute approximate surface area is 126 Å². The summed E-state index contributed by atoms with van der Waals surface area (Å²) < 4.78 is 5.63. The van der Waals surface area contributed by atoms with E-state index in [0.717, 1.165) is 6.42 Å². The molecule has 110 valence electrons. The Morgan fingerprint density at radius 2 is 2.14 bits per heavy atom. The van der Waals surface area contributed by atoms with Gasteiger partial charge in [0.2, 0.25) is 5.88 Å². The largest absolute Gasteiger partial charge is 0.438 e. The van der Waals surface area contributed by atoms with Crippen LogP contribution < -0.4 is 4.74 Å². The minimum atomic E-state index is -0.477. The second kappa shape index (κ2) is 6.49. The maximum Gasteiger partial charge on any atom is 0.273 e. The fraction of sp³-hybridized carbons (Fsp3) is 0.286. The summed E-state index contributed by atoms with van der Waals surface area (Å²) in [7, 11) is 0. The van der Waals surface area contributed by atoms with Crippen LogP contribution in [0.2, 0.25) is 5.15 Å². The summed E-state index contributed by atoms with van der Waals surface area (Å²) in [5.74, 6) is 1.25. The third-order valence-corrected chi connectivity index (χ3v) is 3.17. The van der Waals surface area contributed by atoms with E-state index in [1.54, 1.807) is 19.1 Å². The van der Waals surface area contributed by atoms with Gasteiger partial charge in [0.1, 0.15) is 16.7 Å². The Morgan fingerprint density at radius 1 is 1.38 bits per heavy atom. The highest BCUT2D eigenvalue weighted by Crippen LogP contribution is 2.29. The van der Waals surface area contributed by atoms with Crippen molar-refractivity contribution in [1.82, 2.24) is 9.97 Å². The van der Waals surface area contributed by atoms with E-state index in [1.807, 2.05) is 6.92 Å². The average Bonchev–Trinajstić information content (AvgIpc) is 2.45. The van der Waals surface area contributed by atoms with Gasteiger partial charge in [0.05, 0.1) is 11.0 Å².